The summed E-state index contributed by atoms with van der Waals surface area (Å²) in [5, 5.41) is 3.41. The zero-order chi connectivity index (χ0) is 17.7. The molecule has 1 heterocycles. The number of rotatable bonds is 7. The zero-order valence-corrected chi connectivity index (χ0v) is 15.2. The van der Waals surface area contributed by atoms with Crippen molar-refractivity contribution < 1.29 is 19.0 Å². The molecule has 0 unspecified atom stereocenters. The minimum Gasteiger partial charge on any atom is -0.493 e. The number of unbranched alkanes of at least 4 members (excludes halogenated alkanes) is 1. The zero-order valence-electron chi connectivity index (χ0n) is 14.3. The van der Waals surface area contributed by atoms with E-state index in [1.807, 2.05) is 0 Å². The maximum Gasteiger partial charge on any atom is 0.276 e. The number of nitrogens with zero attached hydrogens (tertiary/aromatic N) is 1. The van der Waals surface area contributed by atoms with E-state index in [9.17, 15) is 4.79 Å². The lowest BCUT2D eigenvalue weighted by molar-refractivity contribution is -0.122. The van der Waals surface area contributed by atoms with Crippen molar-refractivity contribution in [1.82, 2.24) is 10.2 Å². The molecule has 0 aliphatic carbocycles. The first-order valence-corrected chi connectivity index (χ1v) is 8.11. The van der Waals surface area contributed by atoms with Gasteiger partial charge in [0.25, 0.3) is 5.91 Å². The molecule has 1 aliphatic heterocycles. The van der Waals surface area contributed by atoms with Crippen molar-refractivity contribution in [3.05, 3.63) is 23.4 Å². The third-order valence-corrected chi connectivity index (χ3v) is 4.02. The van der Waals surface area contributed by atoms with E-state index < -0.39 is 0 Å². The van der Waals surface area contributed by atoms with E-state index in [1.165, 1.54) is 0 Å². The van der Waals surface area contributed by atoms with Crippen LogP contribution >= 0.6 is 12.2 Å². The molecule has 130 valence electrons. The van der Waals surface area contributed by atoms with Gasteiger partial charge < -0.3 is 19.5 Å². The van der Waals surface area contributed by atoms with Crippen LogP contribution in [-0.4, -0.2) is 43.8 Å². The second kappa shape index (κ2) is 8.01. The fourth-order valence-corrected chi connectivity index (χ4v) is 2.73. The lowest BCUT2D eigenvalue weighted by atomic mass is 10.1. The van der Waals surface area contributed by atoms with Gasteiger partial charge >= 0.3 is 0 Å². The average molecular weight is 350 g/mol. The average Bonchev–Trinajstić information content (AvgIpc) is 2.85. The molecular weight excluding hydrogens is 328 g/mol. The van der Waals surface area contributed by atoms with Crippen LogP contribution in [-0.2, 0) is 4.79 Å². The fraction of sp³-hybridized carbons (Fsp3) is 0.412. The lowest BCUT2D eigenvalue weighted by Gasteiger charge is -2.13. The normalized spacial score (nSPS) is 15.7. The fourth-order valence-electron chi connectivity index (χ4n) is 2.44. The monoisotopic (exact) mass is 350 g/mol. The molecule has 0 spiro atoms. The van der Waals surface area contributed by atoms with E-state index >= 15 is 0 Å². The molecule has 2 rings (SSSR count). The highest BCUT2D eigenvalue weighted by atomic mass is 32.1. The molecule has 0 saturated carbocycles. The molecule has 1 aromatic carbocycles. The molecule has 6 nitrogen and oxygen atoms in total. The van der Waals surface area contributed by atoms with Crippen LogP contribution < -0.4 is 19.5 Å². The van der Waals surface area contributed by atoms with Crippen molar-refractivity contribution in [2.24, 2.45) is 0 Å². The van der Waals surface area contributed by atoms with Gasteiger partial charge in [0.1, 0.15) is 5.70 Å². The summed E-state index contributed by atoms with van der Waals surface area (Å²) in [4.78, 5) is 14.1. The molecule has 24 heavy (non-hydrogen) atoms. The number of benzene rings is 1. The van der Waals surface area contributed by atoms with Gasteiger partial charge in [-0.3, -0.25) is 9.69 Å². The quantitative estimate of drug-likeness (QED) is 0.602. The molecular formula is C17H22N2O4S. The van der Waals surface area contributed by atoms with E-state index in [2.05, 4.69) is 12.2 Å². The SMILES string of the molecule is CCCCN1C(=O)C(=Cc2cc(OC)c(OC)c(OC)c2)NC1=S. The molecule has 1 aromatic rings. The molecule has 1 N–H and O–H groups in total. The van der Waals surface area contributed by atoms with Crippen molar-refractivity contribution >= 4 is 29.3 Å². The van der Waals surface area contributed by atoms with E-state index in [-0.39, 0.29) is 5.91 Å². The Morgan fingerprint density at radius 2 is 1.79 bits per heavy atom. The number of hydrogen-bond donors (Lipinski definition) is 1. The summed E-state index contributed by atoms with van der Waals surface area (Å²) in [6.07, 6.45) is 3.63. The Bertz CT molecular complexity index is 648. The summed E-state index contributed by atoms with van der Waals surface area (Å²) in [7, 11) is 4.65. The van der Waals surface area contributed by atoms with Crippen LogP contribution in [0.5, 0.6) is 17.2 Å². The van der Waals surface area contributed by atoms with Gasteiger partial charge in [0.15, 0.2) is 16.6 Å². The minimum absolute atomic E-state index is 0.123. The first-order valence-electron chi connectivity index (χ1n) is 7.70. The Kier molecular flexibility index (Phi) is 6.03. The maximum atomic E-state index is 12.5. The molecule has 7 heteroatoms. The number of nitrogens with one attached hydrogen (secondary N) is 1. The molecule has 0 bridgehead atoms. The van der Waals surface area contributed by atoms with Crippen LogP contribution in [0.1, 0.15) is 25.3 Å². The van der Waals surface area contributed by atoms with Gasteiger partial charge in [0, 0.05) is 6.54 Å². The summed E-state index contributed by atoms with van der Waals surface area (Å²) >= 11 is 5.24. The summed E-state index contributed by atoms with van der Waals surface area (Å²) in [5.74, 6) is 1.44. The van der Waals surface area contributed by atoms with Crippen LogP contribution in [0.4, 0.5) is 0 Å². The highest BCUT2D eigenvalue weighted by Crippen LogP contribution is 2.38. The maximum absolute atomic E-state index is 12.5. The molecule has 1 amide bonds. The van der Waals surface area contributed by atoms with Gasteiger partial charge in [0.05, 0.1) is 21.3 Å². The molecule has 0 radical (unpaired) electrons. The van der Waals surface area contributed by atoms with Crippen LogP contribution in [0.25, 0.3) is 6.08 Å². The van der Waals surface area contributed by atoms with Crippen LogP contribution in [0, 0.1) is 0 Å². The molecule has 0 atom stereocenters. The van der Waals surface area contributed by atoms with Gasteiger partial charge in [-0.1, -0.05) is 13.3 Å². The number of hydrogen-bond acceptors (Lipinski definition) is 5. The Balaban J connectivity index is 2.34. The van der Waals surface area contributed by atoms with Crippen molar-refractivity contribution in [2.75, 3.05) is 27.9 Å². The molecule has 1 aliphatic rings. The predicted molar refractivity (Wildman–Crippen MR) is 96.4 cm³/mol. The lowest BCUT2D eigenvalue weighted by Crippen LogP contribution is -2.31. The number of methoxy groups -OCH3 is 3. The van der Waals surface area contributed by atoms with Gasteiger partial charge in [-0.05, 0) is 42.4 Å². The Morgan fingerprint density at radius 3 is 2.29 bits per heavy atom. The van der Waals surface area contributed by atoms with Crippen LogP contribution in [0.3, 0.4) is 0 Å². The van der Waals surface area contributed by atoms with E-state index in [4.69, 9.17) is 26.4 Å². The van der Waals surface area contributed by atoms with Crippen molar-refractivity contribution in [3.8, 4) is 17.2 Å². The molecule has 0 aromatic heterocycles. The second-order valence-corrected chi connectivity index (χ2v) is 5.64. The molecule has 1 fully saturated rings. The second-order valence-electron chi connectivity index (χ2n) is 5.26. The summed E-state index contributed by atoms with van der Waals surface area (Å²) in [6.45, 7) is 2.69. The number of carbonyl (C=O) groups excluding carboxylic acids is 1. The Morgan fingerprint density at radius 1 is 1.17 bits per heavy atom. The van der Waals surface area contributed by atoms with Gasteiger partial charge in [-0.15, -0.1) is 0 Å². The standard InChI is InChI=1S/C17H22N2O4S/c1-5-6-7-19-16(20)12(18-17(19)24)8-11-9-13(21-2)15(23-4)14(10-11)22-3/h8-10H,5-7H2,1-4H3,(H,18,24). The smallest absolute Gasteiger partial charge is 0.276 e. The predicted octanol–water partition coefficient (Wildman–Crippen LogP) is 2.57. The van der Waals surface area contributed by atoms with E-state index in [0.29, 0.717) is 34.6 Å². The van der Waals surface area contributed by atoms with Crippen molar-refractivity contribution in [2.45, 2.75) is 19.8 Å². The first-order chi connectivity index (χ1) is 11.5. The number of carbonyl (C=O) groups is 1. The largest absolute Gasteiger partial charge is 0.493 e. The summed E-state index contributed by atoms with van der Waals surface area (Å²) in [5.41, 5.74) is 1.19. The summed E-state index contributed by atoms with van der Waals surface area (Å²) < 4.78 is 16.0. The third kappa shape index (κ3) is 3.62. The highest BCUT2D eigenvalue weighted by molar-refractivity contribution is 7.80. The van der Waals surface area contributed by atoms with Crippen LogP contribution in [0.15, 0.2) is 17.8 Å². The van der Waals surface area contributed by atoms with Gasteiger partial charge in [-0.25, -0.2) is 0 Å². The Labute approximate surface area is 147 Å². The summed E-state index contributed by atoms with van der Waals surface area (Å²) in [6, 6.07) is 3.56. The Hall–Kier alpha value is -2.28. The minimum atomic E-state index is -0.123. The van der Waals surface area contributed by atoms with Gasteiger partial charge in [-0.2, -0.15) is 0 Å². The number of amides is 1. The van der Waals surface area contributed by atoms with Crippen molar-refractivity contribution in [3.63, 3.8) is 0 Å². The highest BCUT2D eigenvalue weighted by Gasteiger charge is 2.30. The van der Waals surface area contributed by atoms with E-state index in [1.54, 1.807) is 44.4 Å². The molecule has 1 saturated heterocycles. The van der Waals surface area contributed by atoms with Gasteiger partial charge in [0.2, 0.25) is 5.75 Å². The van der Waals surface area contributed by atoms with E-state index in [0.717, 1.165) is 18.4 Å². The topological polar surface area (TPSA) is 60.0 Å². The number of ether oxygens (including phenoxy) is 3. The first kappa shape index (κ1) is 18.1. The van der Waals surface area contributed by atoms with Crippen LogP contribution in [0.2, 0.25) is 0 Å². The third-order valence-electron chi connectivity index (χ3n) is 3.70. The van der Waals surface area contributed by atoms with Crippen molar-refractivity contribution in [1.29, 1.82) is 0 Å². The number of thiocarbonyl (C=S) groups is 1.